The molecule has 0 heterocycles. The standard InChI is InChI=1S/C18H15N3O5/c1-2-10-19-17(22)12-26-18(23)13-8-9-15(16(11-13)21(24)25)20-14-6-4-3-5-7-14/h1,3-9,11,20H,10,12H2,(H,19,22). The highest BCUT2D eigenvalue weighted by molar-refractivity contribution is 5.93. The molecule has 2 aromatic carbocycles. The van der Waals surface area contributed by atoms with Crippen molar-refractivity contribution in [3.05, 3.63) is 64.2 Å². The topological polar surface area (TPSA) is 111 Å². The van der Waals surface area contributed by atoms with Crippen molar-refractivity contribution in [3.8, 4) is 12.3 Å². The van der Waals surface area contributed by atoms with Gasteiger partial charge in [-0.3, -0.25) is 14.9 Å². The van der Waals surface area contributed by atoms with E-state index in [1.54, 1.807) is 24.3 Å². The number of hydrogen-bond acceptors (Lipinski definition) is 6. The molecule has 2 N–H and O–H groups in total. The Hall–Kier alpha value is -3.86. The molecule has 8 nitrogen and oxygen atoms in total. The second-order valence-electron chi connectivity index (χ2n) is 5.04. The van der Waals surface area contributed by atoms with E-state index in [0.717, 1.165) is 6.07 Å². The summed E-state index contributed by atoms with van der Waals surface area (Å²) in [6.07, 6.45) is 5.00. The smallest absolute Gasteiger partial charge is 0.338 e. The molecule has 0 unspecified atom stereocenters. The predicted octanol–water partition coefficient (Wildman–Crippen LogP) is 2.24. The predicted molar refractivity (Wildman–Crippen MR) is 94.9 cm³/mol. The van der Waals surface area contributed by atoms with Gasteiger partial charge in [-0.2, -0.15) is 0 Å². The molecular formula is C18H15N3O5. The molecule has 0 spiro atoms. The van der Waals surface area contributed by atoms with Gasteiger partial charge >= 0.3 is 5.97 Å². The van der Waals surface area contributed by atoms with E-state index in [2.05, 4.69) is 16.6 Å². The highest BCUT2D eigenvalue weighted by Crippen LogP contribution is 2.28. The molecule has 0 aromatic heterocycles. The number of ether oxygens (including phenoxy) is 1. The zero-order chi connectivity index (χ0) is 18.9. The average molecular weight is 353 g/mol. The van der Waals surface area contributed by atoms with E-state index in [0.29, 0.717) is 5.69 Å². The Morgan fingerprint density at radius 1 is 1.19 bits per heavy atom. The van der Waals surface area contributed by atoms with Crippen LogP contribution >= 0.6 is 0 Å². The number of para-hydroxylation sites is 1. The molecular weight excluding hydrogens is 338 g/mol. The quantitative estimate of drug-likeness (QED) is 0.342. The molecule has 0 fully saturated rings. The van der Waals surface area contributed by atoms with Crippen molar-refractivity contribution in [2.45, 2.75) is 0 Å². The van der Waals surface area contributed by atoms with Crippen LogP contribution in [0.4, 0.5) is 17.1 Å². The molecule has 0 saturated heterocycles. The van der Waals surface area contributed by atoms with E-state index in [4.69, 9.17) is 11.2 Å². The SMILES string of the molecule is C#CCNC(=O)COC(=O)c1ccc(Nc2ccccc2)c([N+](=O)[O-])c1. The average Bonchev–Trinajstić information content (AvgIpc) is 2.65. The van der Waals surface area contributed by atoms with Gasteiger partial charge < -0.3 is 15.4 Å². The number of nitro groups is 1. The van der Waals surface area contributed by atoms with Gasteiger partial charge in [0.15, 0.2) is 6.61 Å². The maximum atomic E-state index is 12.0. The molecule has 2 aromatic rings. The number of nitrogens with zero attached hydrogens (tertiary/aromatic N) is 1. The number of terminal acetylenes is 1. The van der Waals surface area contributed by atoms with Crippen molar-refractivity contribution >= 4 is 28.9 Å². The van der Waals surface area contributed by atoms with Crippen LogP contribution in [0.1, 0.15) is 10.4 Å². The summed E-state index contributed by atoms with van der Waals surface area (Å²) < 4.78 is 4.82. The summed E-state index contributed by atoms with van der Waals surface area (Å²) in [4.78, 5) is 34.0. The van der Waals surface area contributed by atoms with Gasteiger partial charge in [-0.25, -0.2) is 4.79 Å². The summed E-state index contributed by atoms with van der Waals surface area (Å²) in [5.41, 5.74) is 0.556. The van der Waals surface area contributed by atoms with Gasteiger partial charge in [0.1, 0.15) is 5.69 Å². The summed E-state index contributed by atoms with van der Waals surface area (Å²) in [5, 5.41) is 16.6. The van der Waals surface area contributed by atoms with Crippen molar-refractivity contribution in [1.82, 2.24) is 5.32 Å². The lowest BCUT2D eigenvalue weighted by atomic mass is 10.1. The Balaban J connectivity index is 2.12. The Bertz CT molecular complexity index is 859. The maximum absolute atomic E-state index is 12.0. The molecule has 0 saturated carbocycles. The minimum absolute atomic E-state index is 0.0156. The highest BCUT2D eigenvalue weighted by Gasteiger charge is 2.19. The Labute approximate surface area is 149 Å². The molecule has 2 rings (SSSR count). The Morgan fingerprint density at radius 3 is 2.58 bits per heavy atom. The van der Waals surface area contributed by atoms with Gasteiger partial charge in [-0.1, -0.05) is 24.1 Å². The molecule has 0 aliphatic carbocycles. The van der Waals surface area contributed by atoms with Crippen LogP contribution in [0.25, 0.3) is 0 Å². The number of benzene rings is 2. The van der Waals surface area contributed by atoms with E-state index < -0.39 is 23.4 Å². The third kappa shape index (κ3) is 5.07. The summed E-state index contributed by atoms with van der Waals surface area (Å²) in [7, 11) is 0. The van der Waals surface area contributed by atoms with Crippen LogP contribution in [0.2, 0.25) is 0 Å². The number of amides is 1. The van der Waals surface area contributed by atoms with Gasteiger partial charge in [-0.05, 0) is 24.3 Å². The molecule has 8 heteroatoms. The van der Waals surface area contributed by atoms with Crippen molar-refractivity contribution in [2.24, 2.45) is 0 Å². The first-order valence-corrected chi connectivity index (χ1v) is 7.49. The highest BCUT2D eigenvalue weighted by atomic mass is 16.6. The number of hydrogen-bond donors (Lipinski definition) is 2. The van der Waals surface area contributed by atoms with Crippen molar-refractivity contribution in [1.29, 1.82) is 0 Å². The normalized spacial score (nSPS) is 9.65. The molecule has 132 valence electrons. The molecule has 0 aliphatic heterocycles. The molecule has 0 radical (unpaired) electrons. The second-order valence-corrected chi connectivity index (χ2v) is 5.04. The maximum Gasteiger partial charge on any atom is 0.338 e. The largest absolute Gasteiger partial charge is 0.452 e. The van der Waals surface area contributed by atoms with E-state index in [-0.39, 0.29) is 23.5 Å². The van der Waals surface area contributed by atoms with Crippen LogP contribution in [0, 0.1) is 22.5 Å². The minimum atomic E-state index is -0.852. The monoisotopic (exact) mass is 353 g/mol. The number of nitro benzene ring substituents is 1. The lowest BCUT2D eigenvalue weighted by Crippen LogP contribution is -2.29. The fourth-order valence-electron chi connectivity index (χ4n) is 2.01. The number of carbonyl (C=O) groups is 2. The second kappa shape index (κ2) is 8.84. The fourth-order valence-corrected chi connectivity index (χ4v) is 2.01. The number of carbonyl (C=O) groups excluding carboxylic acids is 2. The molecule has 0 bridgehead atoms. The van der Waals surface area contributed by atoms with Crippen LogP contribution in [-0.4, -0.2) is 30.0 Å². The fraction of sp³-hybridized carbons (Fsp3) is 0.111. The lowest BCUT2D eigenvalue weighted by Gasteiger charge is -2.09. The summed E-state index contributed by atoms with van der Waals surface area (Å²) in [6.45, 7) is -0.514. The number of esters is 1. The van der Waals surface area contributed by atoms with E-state index in [1.165, 1.54) is 12.1 Å². The first-order valence-electron chi connectivity index (χ1n) is 7.49. The van der Waals surface area contributed by atoms with Crippen LogP contribution in [0.5, 0.6) is 0 Å². The van der Waals surface area contributed by atoms with Crippen molar-refractivity contribution < 1.29 is 19.2 Å². The van der Waals surface area contributed by atoms with Crippen molar-refractivity contribution in [2.75, 3.05) is 18.5 Å². The first-order chi connectivity index (χ1) is 12.5. The van der Waals surface area contributed by atoms with Gasteiger partial charge in [0.2, 0.25) is 0 Å². The number of anilines is 2. The van der Waals surface area contributed by atoms with Crippen LogP contribution < -0.4 is 10.6 Å². The number of rotatable bonds is 7. The van der Waals surface area contributed by atoms with Gasteiger partial charge in [-0.15, -0.1) is 6.42 Å². The Morgan fingerprint density at radius 2 is 1.92 bits per heavy atom. The van der Waals surface area contributed by atoms with Crippen LogP contribution in [0.3, 0.4) is 0 Å². The van der Waals surface area contributed by atoms with Crippen LogP contribution in [-0.2, 0) is 9.53 Å². The third-order valence-electron chi connectivity index (χ3n) is 3.20. The number of nitrogens with one attached hydrogen (secondary N) is 2. The van der Waals surface area contributed by atoms with Crippen LogP contribution in [0.15, 0.2) is 48.5 Å². The summed E-state index contributed by atoms with van der Waals surface area (Å²) >= 11 is 0. The summed E-state index contributed by atoms with van der Waals surface area (Å²) in [5.74, 6) is 0.796. The summed E-state index contributed by atoms with van der Waals surface area (Å²) in [6, 6.07) is 12.8. The molecule has 0 aliphatic rings. The van der Waals surface area contributed by atoms with Crippen molar-refractivity contribution in [3.63, 3.8) is 0 Å². The van der Waals surface area contributed by atoms with Gasteiger partial charge in [0.05, 0.1) is 17.0 Å². The van der Waals surface area contributed by atoms with E-state index in [1.807, 2.05) is 6.07 Å². The molecule has 26 heavy (non-hydrogen) atoms. The third-order valence-corrected chi connectivity index (χ3v) is 3.20. The lowest BCUT2D eigenvalue weighted by molar-refractivity contribution is -0.383. The molecule has 1 amide bonds. The van der Waals surface area contributed by atoms with E-state index in [9.17, 15) is 19.7 Å². The van der Waals surface area contributed by atoms with Gasteiger partial charge in [0, 0.05) is 11.8 Å². The first kappa shape index (κ1) is 18.5. The zero-order valence-electron chi connectivity index (χ0n) is 13.6. The van der Waals surface area contributed by atoms with Gasteiger partial charge in [0.25, 0.3) is 11.6 Å². The Kier molecular flexibility index (Phi) is 6.28. The minimum Gasteiger partial charge on any atom is -0.452 e. The molecule has 0 atom stereocenters. The van der Waals surface area contributed by atoms with E-state index >= 15 is 0 Å². The zero-order valence-corrected chi connectivity index (χ0v) is 13.6.